The van der Waals surface area contributed by atoms with Crippen LogP contribution in [0.1, 0.15) is 39.3 Å². The van der Waals surface area contributed by atoms with Crippen molar-refractivity contribution in [2.75, 3.05) is 6.54 Å². The van der Waals surface area contributed by atoms with Crippen LogP contribution in [0.25, 0.3) is 0 Å². The molecule has 1 aromatic carbocycles. The average Bonchev–Trinajstić information content (AvgIpc) is 2.31. The Balaban J connectivity index is 2.96. The molecule has 0 saturated carbocycles. The minimum atomic E-state index is -0.490. The normalized spacial score (nSPS) is 16.1. The van der Waals surface area contributed by atoms with Crippen molar-refractivity contribution in [1.29, 1.82) is 0 Å². The molecule has 1 aromatic rings. The molecule has 0 heterocycles. The predicted octanol–water partition coefficient (Wildman–Crippen LogP) is 3.27. The molecule has 0 aliphatic heterocycles. The van der Waals surface area contributed by atoms with Crippen LogP contribution < -0.4 is 10.1 Å². The van der Waals surface area contributed by atoms with Gasteiger partial charge in [-0.25, -0.2) is 0 Å². The van der Waals surface area contributed by atoms with Gasteiger partial charge in [0.1, 0.15) is 11.9 Å². The summed E-state index contributed by atoms with van der Waals surface area (Å²) in [5, 5.41) is 12.9. The van der Waals surface area contributed by atoms with E-state index in [9.17, 15) is 5.11 Å². The lowest BCUT2D eigenvalue weighted by molar-refractivity contribution is 0.0595. The molecule has 1 rings (SSSR count). The second kappa shape index (κ2) is 7.12. The maximum Gasteiger partial charge on any atom is 0.124 e. The number of aliphatic hydroxyl groups is 1. The maximum absolute atomic E-state index is 9.52. The third-order valence-corrected chi connectivity index (χ3v) is 3.43. The molecule has 0 spiro atoms. The number of nitrogens with one attached hydrogen (secondary N) is 1. The minimum Gasteiger partial charge on any atom is -0.488 e. The van der Waals surface area contributed by atoms with E-state index in [1.54, 1.807) is 6.92 Å². The van der Waals surface area contributed by atoms with Gasteiger partial charge in [-0.3, -0.25) is 0 Å². The molecule has 0 saturated heterocycles. The van der Waals surface area contributed by atoms with Crippen LogP contribution in [0.3, 0.4) is 0 Å². The molecule has 102 valence electrons. The molecule has 18 heavy (non-hydrogen) atoms. The monoisotopic (exact) mass is 315 g/mol. The van der Waals surface area contributed by atoms with Crippen molar-refractivity contribution < 1.29 is 9.84 Å². The quantitative estimate of drug-likeness (QED) is 0.846. The lowest BCUT2D eigenvalue weighted by Crippen LogP contribution is -2.27. The average molecular weight is 316 g/mol. The summed E-state index contributed by atoms with van der Waals surface area (Å²) in [6, 6.07) is 6.15. The predicted molar refractivity (Wildman–Crippen MR) is 78.0 cm³/mol. The van der Waals surface area contributed by atoms with Crippen LogP contribution >= 0.6 is 15.9 Å². The summed E-state index contributed by atoms with van der Waals surface area (Å²) in [5.41, 5.74) is 1.10. The molecule has 0 aliphatic carbocycles. The van der Waals surface area contributed by atoms with Crippen LogP contribution in [-0.2, 0) is 0 Å². The van der Waals surface area contributed by atoms with E-state index in [4.69, 9.17) is 4.74 Å². The van der Waals surface area contributed by atoms with Crippen molar-refractivity contribution in [1.82, 2.24) is 5.32 Å². The van der Waals surface area contributed by atoms with E-state index in [2.05, 4.69) is 41.2 Å². The summed E-state index contributed by atoms with van der Waals surface area (Å²) < 4.78 is 6.85. The summed E-state index contributed by atoms with van der Waals surface area (Å²) >= 11 is 3.48. The summed E-state index contributed by atoms with van der Waals surface area (Å²) in [7, 11) is 0. The number of benzene rings is 1. The van der Waals surface area contributed by atoms with Gasteiger partial charge in [-0.15, -0.1) is 0 Å². The van der Waals surface area contributed by atoms with Gasteiger partial charge in [0.05, 0.1) is 6.10 Å². The van der Waals surface area contributed by atoms with E-state index >= 15 is 0 Å². The number of rotatable bonds is 6. The third kappa shape index (κ3) is 4.26. The minimum absolute atomic E-state index is 0.212. The first-order valence-corrected chi connectivity index (χ1v) is 7.12. The van der Waals surface area contributed by atoms with Gasteiger partial charge in [-0.05, 0) is 45.5 Å². The second-order valence-electron chi connectivity index (χ2n) is 4.53. The van der Waals surface area contributed by atoms with Gasteiger partial charge in [0.2, 0.25) is 0 Å². The Morgan fingerprint density at radius 1 is 1.33 bits per heavy atom. The van der Waals surface area contributed by atoms with Gasteiger partial charge >= 0.3 is 0 Å². The Hall–Kier alpha value is -0.580. The standard InChI is InChI=1S/C14H22BrNO2/c1-5-16-9(2)13-8-12(15)6-7-14(13)18-11(4)10(3)17/h6-11,16-17H,5H2,1-4H3. The van der Waals surface area contributed by atoms with Crippen LogP contribution in [-0.4, -0.2) is 23.9 Å². The molecule has 4 heteroatoms. The number of ether oxygens (including phenoxy) is 1. The van der Waals surface area contributed by atoms with E-state index in [0.717, 1.165) is 22.3 Å². The molecule has 0 radical (unpaired) electrons. The van der Waals surface area contributed by atoms with Crippen molar-refractivity contribution in [3.05, 3.63) is 28.2 Å². The Morgan fingerprint density at radius 3 is 2.56 bits per heavy atom. The summed E-state index contributed by atoms with van der Waals surface area (Å²) in [6.07, 6.45) is -0.713. The highest BCUT2D eigenvalue weighted by molar-refractivity contribution is 9.10. The first-order chi connectivity index (χ1) is 8.45. The Bertz CT molecular complexity index is 382. The highest BCUT2D eigenvalue weighted by Gasteiger charge is 2.16. The van der Waals surface area contributed by atoms with E-state index in [1.807, 2.05) is 19.1 Å². The van der Waals surface area contributed by atoms with Gasteiger partial charge in [0.15, 0.2) is 0 Å². The number of hydrogen-bond acceptors (Lipinski definition) is 3. The van der Waals surface area contributed by atoms with Crippen LogP contribution in [0.5, 0.6) is 5.75 Å². The summed E-state index contributed by atoms with van der Waals surface area (Å²) in [6.45, 7) is 8.68. The highest BCUT2D eigenvalue weighted by atomic mass is 79.9. The molecule has 3 unspecified atom stereocenters. The molecule has 0 amide bonds. The topological polar surface area (TPSA) is 41.5 Å². The molecular formula is C14H22BrNO2. The zero-order valence-electron chi connectivity index (χ0n) is 11.4. The van der Waals surface area contributed by atoms with Crippen molar-refractivity contribution in [3.8, 4) is 5.75 Å². The van der Waals surface area contributed by atoms with E-state index in [0.29, 0.717) is 0 Å². The molecule has 2 N–H and O–H groups in total. The summed E-state index contributed by atoms with van der Waals surface area (Å²) in [4.78, 5) is 0. The van der Waals surface area contributed by atoms with Gasteiger partial charge in [-0.2, -0.15) is 0 Å². The van der Waals surface area contributed by atoms with Crippen molar-refractivity contribution >= 4 is 15.9 Å². The van der Waals surface area contributed by atoms with Gasteiger partial charge in [0.25, 0.3) is 0 Å². The Labute approximate surface area is 118 Å². The molecule has 3 nitrogen and oxygen atoms in total. The van der Waals surface area contributed by atoms with Crippen LogP contribution in [0.2, 0.25) is 0 Å². The molecule has 0 fully saturated rings. The molecule has 0 aliphatic rings. The molecular weight excluding hydrogens is 294 g/mol. The van der Waals surface area contributed by atoms with E-state index in [-0.39, 0.29) is 12.1 Å². The lowest BCUT2D eigenvalue weighted by atomic mass is 10.1. The fourth-order valence-electron chi connectivity index (χ4n) is 1.68. The van der Waals surface area contributed by atoms with E-state index < -0.39 is 6.10 Å². The van der Waals surface area contributed by atoms with Gasteiger partial charge in [-0.1, -0.05) is 22.9 Å². The number of hydrogen-bond donors (Lipinski definition) is 2. The SMILES string of the molecule is CCNC(C)c1cc(Br)ccc1OC(C)C(C)O. The van der Waals surface area contributed by atoms with Crippen molar-refractivity contribution in [2.45, 2.75) is 45.9 Å². The zero-order valence-corrected chi connectivity index (χ0v) is 13.0. The van der Waals surface area contributed by atoms with Crippen molar-refractivity contribution in [3.63, 3.8) is 0 Å². The first-order valence-electron chi connectivity index (χ1n) is 6.33. The van der Waals surface area contributed by atoms with Crippen molar-refractivity contribution in [2.24, 2.45) is 0 Å². The van der Waals surface area contributed by atoms with E-state index in [1.165, 1.54) is 0 Å². The summed E-state index contributed by atoms with van der Waals surface area (Å²) in [5.74, 6) is 0.819. The van der Waals surface area contributed by atoms with Crippen LogP contribution in [0.4, 0.5) is 0 Å². The van der Waals surface area contributed by atoms with Gasteiger partial charge in [0, 0.05) is 16.1 Å². The fourth-order valence-corrected chi connectivity index (χ4v) is 2.06. The zero-order chi connectivity index (χ0) is 13.7. The molecule has 0 bridgehead atoms. The third-order valence-electron chi connectivity index (χ3n) is 2.94. The first kappa shape index (κ1) is 15.5. The number of halogens is 1. The Kier molecular flexibility index (Phi) is 6.12. The molecule has 0 aromatic heterocycles. The van der Waals surface area contributed by atoms with Gasteiger partial charge < -0.3 is 15.2 Å². The van der Waals surface area contributed by atoms with Crippen LogP contribution in [0.15, 0.2) is 22.7 Å². The smallest absolute Gasteiger partial charge is 0.124 e. The lowest BCUT2D eigenvalue weighted by Gasteiger charge is -2.22. The second-order valence-corrected chi connectivity index (χ2v) is 5.44. The molecule has 3 atom stereocenters. The highest BCUT2D eigenvalue weighted by Crippen LogP contribution is 2.29. The largest absolute Gasteiger partial charge is 0.488 e. The fraction of sp³-hybridized carbons (Fsp3) is 0.571. The van der Waals surface area contributed by atoms with Crippen LogP contribution in [0, 0.1) is 0 Å². The maximum atomic E-state index is 9.52. The number of aliphatic hydroxyl groups excluding tert-OH is 1. The Morgan fingerprint density at radius 2 is 2.00 bits per heavy atom.